The fraction of sp³-hybridized carbons (Fsp3) is 0.667. The minimum Gasteiger partial charge on any atom is -0.390 e. The van der Waals surface area contributed by atoms with Gasteiger partial charge in [0.1, 0.15) is 0 Å². The van der Waals surface area contributed by atoms with E-state index in [2.05, 4.69) is 10.6 Å². The maximum atomic E-state index is 3.03. The normalized spacial score (nSPS) is 12.5. The first kappa shape index (κ1) is 7.34. The van der Waals surface area contributed by atoms with E-state index >= 15 is 0 Å². The van der Waals surface area contributed by atoms with Crippen molar-refractivity contribution in [3.63, 3.8) is 0 Å². The molecule has 0 saturated carbocycles. The summed E-state index contributed by atoms with van der Waals surface area (Å²) in [5.74, 6) is 0. The largest absolute Gasteiger partial charge is 0.390 e. The molecule has 0 saturated heterocycles. The monoisotopic (exact) mass is 114 g/mol. The molecule has 0 aliphatic carbocycles. The highest BCUT2D eigenvalue weighted by Gasteiger charge is 1.86. The van der Waals surface area contributed by atoms with E-state index in [0.717, 1.165) is 0 Å². The Labute approximate surface area is 51.0 Å². The van der Waals surface area contributed by atoms with Crippen LogP contribution >= 0.6 is 0 Å². The van der Waals surface area contributed by atoms with Gasteiger partial charge in [-0.05, 0) is 13.8 Å². The molecule has 0 aromatic carbocycles. The Balaban J connectivity index is 3.83. The second-order valence-corrected chi connectivity index (χ2v) is 1.75. The molecule has 0 heterocycles. The molecule has 0 aliphatic rings. The molecule has 0 radical (unpaired) electrons. The molecule has 48 valence electrons. The van der Waals surface area contributed by atoms with Crippen molar-refractivity contribution < 1.29 is 0 Å². The maximum absolute atomic E-state index is 3.03. The van der Waals surface area contributed by atoms with Crippen LogP contribution in [0.3, 0.4) is 0 Å². The molecule has 2 nitrogen and oxygen atoms in total. The number of hydrogen-bond acceptors (Lipinski definition) is 2. The Morgan fingerprint density at radius 1 is 0.875 bits per heavy atom. The van der Waals surface area contributed by atoms with Crippen LogP contribution in [0.2, 0.25) is 0 Å². The lowest BCUT2D eigenvalue weighted by molar-refractivity contribution is 0.879. The van der Waals surface area contributed by atoms with Crippen LogP contribution in [0.25, 0.3) is 0 Å². The van der Waals surface area contributed by atoms with Crippen molar-refractivity contribution in [3.05, 3.63) is 11.4 Å². The third-order valence-electron chi connectivity index (χ3n) is 1.31. The fourth-order valence-corrected chi connectivity index (χ4v) is 0.375. The van der Waals surface area contributed by atoms with E-state index in [-0.39, 0.29) is 0 Å². The summed E-state index contributed by atoms with van der Waals surface area (Å²) in [6, 6.07) is 0. The van der Waals surface area contributed by atoms with E-state index in [9.17, 15) is 0 Å². The molecule has 0 aliphatic heterocycles. The average Bonchev–Trinajstić information content (AvgIpc) is 1.84. The molecule has 2 heteroatoms. The smallest absolute Gasteiger partial charge is 0.0262 e. The van der Waals surface area contributed by atoms with E-state index in [4.69, 9.17) is 0 Å². The molecule has 0 rings (SSSR count). The van der Waals surface area contributed by atoms with Crippen LogP contribution < -0.4 is 10.6 Å². The van der Waals surface area contributed by atoms with Crippen molar-refractivity contribution in [2.24, 2.45) is 0 Å². The minimum atomic E-state index is 1.19. The zero-order valence-corrected chi connectivity index (χ0v) is 6.00. The van der Waals surface area contributed by atoms with Crippen LogP contribution in [0, 0.1) is 0 Å². The predicted octanol–water partition coefficient (Wildman–Crippen LogP) is 0.677. The highest BCUT2D eigenvalue weighted by molar-refractivity contribution is 5.03. The Morgan fingerprint density at radius 2 is 1.12 bits per heavy atom. The molecule has 0 unspecified atom stereocenters. The number of rotatable bonds is 2. The Morgan fingerprint density at radius 3 is 1.25 bits per heavy atom. The maximum Gasteiger partial charge on any atom is 0.0262 e. The summed E-state index contributed by atoms with van der Waals surface area (Å²) in [7, 11) is 3.83. The van der Waals surface area contributed by atoms with E-state index in [1.165, 1.54) is 11.4 Å². The van der Waals surface area contributed by atoms with Crippen LogP contribution in [0.5, 0.6) is 0 Å². The van der Waals surface area contributed by atoms with Crippen LogP contribution in [-0.4, -0.2) is 14.1 Å². The highest BCUT2D eigenvalue weighted by atomic mass is 14.9. The zero-order valence-electron chi connectivity index (χ0n) is 6.00. The van der Waals surface area contributed by atoms with Gasteiger partial charge in [-0.3, -0.25) is 0 Å². The van der Waals surface area contributed by atoms with Gasteiger partial charge < -0.3 is 10.6 Å². The molecule has 0 amide bonds. The molecule has 0 spiro atoms. The third-order valence-corrected chi connectivity index (χ3v) is 1.31. The summed E-state index contributed by atoms with van der Waals surface area (Å²) in [6.07, 6.45) is 0. The summed E-state index contributed by atoms with van der Waals surface area (Å²) in [5.41, 5.74) is 2.38. The van der Waals surface area contributed by atoms with Crippen molar-refractivity contribution in [1.82, 2.24) is 10.6 Å². The Kier molecular flexibility index (Phi) is 3.08. The highest BCUT2D eigenvalue weighted by Crippen LogP contribution is 1.90. The standard InChI is InChI=1S/C6H14N2/c1-5(7-3)6(2)8-4/h7-8H,1-4H3/b6-5-. The van der Waals surface area contributed by atoms with Crippen LogP contribution in [0.1, 0.15) is 13.8 Å². The Bertz CT molecular complexity index is 82.7. The van der Waals surface area contributed by atoms with Gasteiger partial charge in [0.05, 0.1) is 0 Å². The predicted molar refractivity (Wildman–Crippen MR) is 36.5 cm³/mol. The van der Waals surface area contributed by atoms with Crippen LogP contribution in [0.15, 0.2) is 11.4 Å². The van der Waals surface area contributed by atoms with Crippen molar-refractivity contribution in [2.45, 2.75) is 13.8 Å². The average molecular weight is 114 g/mol. The van der Waals surface area contributed by atoms with Gasteiger partial charge in [0.15, 0.2) is 0 Å². The first-order valence-corrected chi connectivity index (χ1v) is 2.75. The zero-order chi connectivity index (χ0) is 6.57. The summed E-state index contributed by atoms with van der Waals surface area (Å²) >= 11 is 0. The number of hydrogen-bond donors (Lipinski definition) is 2. The lowest BCUT2D eigenvalue weighted by Crippen LogP contribution is -2.12. The number of nitrogens with one attached hydrogen (secondary N) is 2. The van der Waals surface area contributed by atoms with Crippen LogP contribution in [-0.2, 0) is 0 Å². The SMILES string of the molecule is CN/C(C)=C(/C)NC. The number of allylic oxidation sites excluding steroid dienone is 2. The molecule has 0 aromatic rings. The van der Waals surface area contributed by atoms with Crippen LogP contribution in [0.4, 0.5) is 0 Å². The van der Waals surface area contributed by atoms with Gasteiger partial charge in [0.25, 0.3) is 0 Å². The quantitative estimate of drug-likeness (QED) is 0.551. The van der Waals surface area contributed by atoms with E-state index in [0.29, 0.717) is 0 Å². The molecule has 2 N–H and O–H groups in total. The van der Waals surface area contributed by atoms with Gasteiger partial charge in [0.2, 0.25) is 0 Å². The second-order valence-electron chi connectivity index (χ2n) is 1.75. The van der Waals surface area contributed by atoms with Gasteiger partial charge in [-0.25, -0.2) is 0 Å². The topological polar surface area (TPSA) is 24.1 Å². The Hall–Kier alpha value is -0.660. The first-order chi connectivity index (χ1) is 3.72. The first-order valence-electron chi connectivity index (χ1n) is 2.75. The summed E-state index contributed by atoms with van der Waals surface area (Å²) in [4.78, 5) is 0. The van der Waals surface area contributed by atoms with Gasteiger partial charge >= 0.3 is 0 Å². The van der Waals surface area contributed by atoms with E-state index in [1.807, 2.05) is 27.9 Å². The molecule has 0 fully saturated rings. The third kappa shape index (κ3) is 1.87. The van der Waals surface area contributed by atoms with Crippen molar-refractivity contribution >= 4 is 0 Å². The fourth-order valence-electron chi connectivity index (χ4n) is 0.375. The second kappa shape index (κ2) is 3.36. The molecule has 0 atom stereocenters. The molecular weight excluding hydrogens is 100 g/mol. The van der Waals surface area contributed by atoms with E-state index < -0.39 is 0 Å². The lowest BCUT2D eigenvalue weighted by atomic mass is 10.4. The van der Waals surface area contributed by atoms with Gasteiger partial charge in [0, 0.05) is 25.5 Å². The lowest BCUT2D eigenvalue weighted by Gasteiger charge is -2.04. The summed E-state index contributed by atoms with van der Waals surface area (Å²) in [5, 5.41) is 6.07. The molecule has 0 bridgehead atoms. The van der Waals surface area contributed by atoms with Gasteiger partial charge in [-0.2, -0.15) is 0 Å². The minimum absolute atomic E-state index is 1.19. The molecule has 0 aromatic heterocycles. The van der Waals surface area contributed by atoms with Crippen molar-refractivity contribution in [1.29, 1.82) is 0 Å². The molecular formula is C6H14N2. The van der Waals surface area contributed by atoms with E-state index in [1.54, 1.807) is 0 Å². The van der Waals surface area contributed by atoms with Crippen molar-refractivity contribution in [2.75, 3.05) is 14.1 Å². The van der Waals surface area contributed by atoms with Gasteiger partial charge in [-0.1, -0.05) is 0 Å². The summed E-state index contributed by atoms with van der Waals surface area (Å²) in [6.45, 7) is 4.07. The molecule has 8 heavy (non-hydrogen) atoms. The summed E-state index contributed by atoms with van der Waals surface area (Å²) < 4.78 is 0. The van der Waals surface area contributed by atoms with Crippen molar-refractivity contribution in [3.8, 4) is 0 Å². The van der Waals surface area contributed by atoms with Gasteiger partial charge in [-0.15, -0.1) is 0 Å².